The number of aldehydes is 1. The van der Waals surface area contributed by atoms with Gasteiger partial charge < -0.3 is 29.2 Å². The minimum absolute atomic E-state index is 0.0133. The summed E-state index contributed by atoms with van der Waals surface area (Å²) in [7, 11) is -8.51. The maximum atomic E-state index is 12.8. The summed E-state index contributed by atoms with van der Waals surface area (Å²) in [6.45, 7) is 16.1. The number of aliphatic hydroxyl groups is 1. The SMILES string of the molecule is C[Si](C)(C)CCOCn1cc(CCC=O)nc(N2CCS(=O)(=O)CC2)c1=O.C[Si](C)(C)CCOCn1cc(CCCO)nc(N2CCS(=O)(=O)CC2)c1=O. The predicted molar refractivity (Wildman–Crippen MR) is 217 cm³/mol. The lowest BCUT2D eigenvalue weighted by Crippen LogP contribution is -2.44. The van der Waals surface area contributed by atoms with Gasteiger partial charge in [0.2, 0.25) is 0 Å². The van der Waals surface area contributed by atoms with Gasteiger partial charge in [-0.1, -0.05) is 39.3 Å². The number of hydrogen-bond acceptors (Lipinski definition) is 14. The van der Waals surface area contributed by atoms with Crippen LogP contribution in [-0.2, 0) is 60.2 Å². The Balaban J connectivity index is 0.000000290. The second kappa shape index (κ2) is 20.4. The van der Waals surface area contributed by atoms with E-state index in [1.165, 1.54) is 9.13 Å². The molecule has 0 spiro atoms. The summed E-state index contributed by atoms with van der Waals surface area (Å²) in [5.41, 5.74) is 0.756. The minimum Gasteiger partial charge on any atom is -0.396 e. The van der Waals surface area contributed by atoms with Crippen molar-refractivity contribution in [1.29, 1.82) is 0 Å². The highest BCUT2D eigenvalue weighted by atomic mass is 32.2. The molecule has 0 aliphatic carbocycles. The largest absolute Gasteiger partial charge is 0.396 e. The zero-order valence-electron chi connectivity index (χ0n) is 32.8. The van der Waals surface area contributed by atoms with Crippen LogP contribution in [0.25, 0.3) is 0 Å². The molecule has 2 aromatic rings. The van der Waals surface area contributed by atoms with Crippen LogP contribution in [0.15, 0.2) is 22.0 Å². The summed E-state index contributed by atoms with van der Waals surface area (Å²) in [5, 5.41) is 9.08. The average Bonchev–Trinajstić information content (AvgIpc) is 3.08. The summed E-state index contributed by atoms with van der Waals surface area (Å²) in [6, 6.07) is 2.02. The van der Waals surface area contributed by atoms with Crippen LogP contribution in [0.3, 0.4) is 0 Å². The molecule has 0 bridgehead atoms. The third-order valence-electron chi connectivity index (χ3n) is 8.86. The number of aryl methyl sites for hydroxylation is 2. The Labute approximate surface area is 321 Å². The highest BCUT2D eigenvalue weighted by Crippen LogP contribution is 2.15. The average molecular weight is 833 g/mol. The molecule has 4 rings (SSSR count). The van der Waals surface area contributed by atoms with Gasteiger partial charge in [0.1, 0.15) is 19.7 Å². The fourth-order valence-corrected chi connectivity index (χ4v) is 9.32. The molecule has 0 aromatic carbocycles. The van der Waals surface area contributed by atoms with Crippen LogP contribution in [-0.4, -0.2) is 132 Å². The molecule has 2 aliphatic rings. The Bertz CT molecular complexity index is 1850. The fraction of sp³-hybridized carbons (Fsp3) is 0.735. The van der Waals surface area contributed by atoms with E-state index in [2.05, 4.69) is 49.3 Å². The molecule has 0 radical (unpaired) electrons. The predicted octanol–water partition coefficient (Wildman–Crippen LogP) is 1.64. The number of anilines is 2. The highest BCUT2D eigenvalue weighted by molar-refractivity contribution is 7.91. The van der Waals surface area contributed by atoms with Crippen molar-refractivity contribution in [3.05, 3.63) is 44.5 Å². The molecule has 0 saturated carbocycles. The van der Waals surface area contributed by atoms with Crippen molar-refractivity contribution in [1.82, 2.24) is 19.1 Å². The number of nitrogens with zero attached hydrogens (tertiary/aromatic N) is 6. The summed E-state index contributed by atoms with van der Waals surface area (Å²) in [6.07, 6.45) is 5.96. The lowest BCUT2D eigenvalue weighted by Gasteiger charge is -2.28. The first kappa shape index (κ1) is 45.6. The lowest BCUT2D eigenvalue weighted by molar-refractivity contribution is -0.107. The Kier molecular flexibility index (Phi) is 17.3. The van der Waals surface area contributed by atoms with Gasteiger partial charge in [0.15, 0.2) is 31.3 Å². The Morgan fingerprint density at radius 3 is 1.44 bits per heavy atom. The minimum atomic E-state index is -3.05. The van der Waals surface area contributed by atoms with Gasteiger partial charge in [-0.3, -0.25) is 18.7 Å². The van der Waals surface area contributed by atoms with Gasteiger partial charge in [-0.25, -0.2) is 26.8 Å². The van der Waals surface area contributed by atoms with Gasteiger partial charge in [0, 0.05) is 81.0 Å². The van der Waals surface area contributed by atoms with Crippen LogP contribution in [0.1, 0.15) is 24.2 Å². The van der Waals surface area contributed by atoms with E-state index in [0.717, 1.165) is 18.4 Å². The number of aliphatic hydroxyl groups excluding tert-OH is 1. The summed E-state index contributed by atoms with van der Waals surface area (Å²) >= 11 is 0. The van der Waals surface area contributed by atoms with E-state index in [-0.39, 0.29) is 92.0 Å². The van der Waals surface area contributed by atoms with Crippen molar-refractivity contribution in [3.8, 4) is 0 Å². The smallest absolute Gasteiger partial charge is 0.295 e. The van der Waals surface area contributed by atoms with Crippen LogP contribution < -0.4 is 20.9 Å². The van der Waals surface area contributed by atoms with Crippen LogP contribution in [0, 0.1) is 0 Å². The molecule has 306 valence electrons. The highest BCUT2D eigenvalue weighted by Gasteiger charge is 2.27. The molecule has 0 amide bonds. The number of sulfone groups is 2. The third kappa shape index (κ3) is 15.8. The molecule has 1 N–H and O–H groups in total. The van der Waals surface area contributed by atoms with Gasteiger partial charge >= 0.3 is 0 Å². The summed E-state index contributed by atoms with van der Waals surface area (Å²) < 4.78 is 61.0. The van der Waals surface area contributed by atoms with E-state index in [0.29, 0.717) is 50.3 Å². The zero-order valence-corrected chi connectivity index (χ0v) is 36.4. The lowest BCUT2D eigenvalue weighted by atomic mass is 10.2. The number of carbonyl (C=O) groups is 1. The number of hydrogen-bond donors (Lipinski definition) is 1. The number of rotatable bonds is 18. The monoisotopic (exact) mass is 832 g/mol. The first-order chi connectivity index (χ1) is 25.2. The van der Waals surface area contributed by atoms with Gasteiger partial charge in [-0.2, -0.15) is 0 Å². The molecule has 16 nitrogen and oxygen atoms in total. The molecule has 20 heteroatoms. The topological polar surface area (TPSA) is 200 Å². The van der Waals surface area contributed by atoms with E-state index >= 15 is 0 Å². The van der Waals surface area contributed by atoms with Gasteiger partial charge in [-0.15, -0.1) is 0 Å². The van der Waals surface area contributed by atoms with Crippen molar-refractivity contribution in [3.63, 3.8) is 0 Å². The van der Waals surface area contributed by atoms with Crippen molar-refractivity contribution in [2.45, 2.75) is 90.5 Å². The van der Waals surface area contributed by atoms with Crippen molar-refractivity contribution in [2.24, 2.45) is 0 Å². The number of carbonyl (C=O) groups excluding carboxylic acids is 1. The third-order valence-corrected chi connectivity index (χ3v) is 15.5. The van der Waals surface area contributed by atoms with Crippen LogP contribution in [0.4, 0.5) is 11.6 Å². The van der Waals surface area contributed by atoms with Crippen molar-refractivity contribution < 1.29 is 36.2 Å². The molecule has 54 heavy (non-hydrogen) atoms. The number of aromatic nitrogens is 4. The van der Waals surface area contributed by atoms with Crippen LogP contribution in [0.2, 0.25) is 51.4 Å². The zero-order chi connectivity index (χ0) is 40.2. The Morgan fingerprint density at radius 2 is 1.09 bits per heavy atom. The van der Waals surface area contributed by atoms with Gasteiger partial charge in [-0.05, 0) is 31.4 Å². The maximum Gasteiger partial charge on any atom is 0.295 e. The molecule has 2 fully saturated rings. The van der Waals surface area contributed by atoms with E-state index in [1.54, 1.807) is 22.2 Å². The Hall–Kier alpha value is -2.76. The standard InChI is InChI=1S/C17H31N3O5SSi.C17H29N3O5SSi/c2*1-27(2,3)12-9-25-14-20-13-15(5-4-8-21)18-16(17(20)22)19-6-10-26(23,24)11-7-19/h13,21H,4-12,14H2,1-3H3;8,13H,4-7,9-12,14H2,1-3H3. The van der Waals surface area contributed by atoms with Gasteiger partial charge in [0.05, 0.1) is 34.4 Å². The fourth-order valence-electron chi connectivity index (χ4n) is 5.40. The van der Waals surface area contributed by atoms with E-state index in [9.17, 15) is 31.2 Å². The van der Waals surface area contributed by atoms with E-state index in [4.69, 9.17) is 14.6 Å². The molecule has 2 aliphatic heterocycles. The van der Waals surface area contributed by atoms with Crippen LogP contribution in [0.5, 0.6) is 0 Å². The molecule has 2 aromatic heterocycles. The molecule has 0 atom stereocenters. The maximum absolute atomic E-state index is 12.8. The quantitative estimate of drug-likeness (QED) is 0.129. The molecular weight excluding hydrogens is 773 g/mol. The Morgan fingerprint density at radius 1 is 0.704 bits per heavy atom. The van der Waals surface area contributed by atoms with Crippen LogP contribution >= 0.6 is 0 Å². The van der Waals surface area contributed by atoms with Crippen molar-refractivity contribution >= 4 is 53.7 Å². The first-order valence-electron chi connectivity index (χ1n) is 18.5. The van der Waals surface area contributed by atoms with E-state index < -0.39 is 35.8 Å². The van der Waals surface area contributed by atoms with Crippen molar-refractivity contribution in [2.75, 3.05) is 78.8 Å². The molecule has 0 unspecified atom stereocenters. The molecular formula is C34H60N6O10S2Si2. The van der Waals surface area contributed by atoms with E-state index in [1.807, 2.05) is 0 Å². The first-order valence-corrected chi connectivity index (χ1v) is 29.6. The number of ether oxygens (including phenoxy) is 2. The molecule has 4 heterocycles. The van der Waals surface area contributed by atoms with Gasteiger partial charge in [0.25, 0.3) is 11.1 Å². The summed E-state index contributed by atoms with van der Waals surface area (Å²) in [5.74, 6) is 0.596. The second-order valence-electron chi connectivity index (χ2n) is 16.2. The normalized spacial score (nSPS) is 17.2. The summed E-state index contributed by atoms with van der Waals surface area (Å²) in [4.78, 5) is 48.7. The molecule has 2 saturated heterocycles. The second-order valence-corrected chi connectivity index (χ2v) is 32.0.